The molecule has 3 heterocycles. The van der Waals surface area contributed by atoms with E-state index in [9.17, 15) is 0 Å². The van der Waals surface area contributed by atoms with Crippen LogP contribution in [0.15, 0.2) is 66.4 Å². The van der Waals surface area contributed by atoms with E-state index < -0.39 is 0 Å². The van der Waals surface area contributed by atoms with Gasteiger partial charge >= 0.3 is 0 Å². The third-order valence-corrected chi connectivity index (χ3v) is 5.48. The molecule has 0 spiro atoms. The quantitative estimate of drug-likeness (QED) is 0.454. The fourth-order valence-corrected chi connectivity index (χ4v) is 3.85. The average Bonchev–Trinajstić information content (AvgIpc) is 3.23. The summed E-state index contributed by atoms with van der Waals surface area (Å²) in [6.07, 6.45) is 5.35. The number of nitrogens with zero attached hydrogens (tertiary/aromatic N) is 2. The van der Waals surface area contributed by atoms with Gasteiger partial charge < -0.3 is 14.8 Å². The van der Waals surface area contributed by atoms with Crippen molar-refractivity contribution in [2.24, 2.45) is 0 Å². The zero-order chi connectivity index (χ0) is 19.3. The summed E-state index contributed by atoms with van der Waals surface area (Å²) in [5.41, 5.74) is 4.28. The number of rotatable bonds is 7. The SMILES string of the molecule is COc1cc(C(C)Nc2ccnc3ccsc23)ccc1OCc1ccncc1. The molecular weight excluding hydrogens is 370 g/mol. The second-order valence-corrected chi connectivity index (χ2v) is 7.33. The molecule has 0 amide bonds. The van der Waals surface area contributed by atoms with Gasteiger partial charge in [0.2, 0.25) is 0 Å². The lowest BCUT2D eigenvalue weighted by atomic mass is 10.1. The number of nitrogens with one attached hydrogen (secondary N) is 1. The molecule has 0 radical (unpaired) electrons. The second-order valence-electron chi connectivity index (χ2n) is 6.41. The van der Waals surface area contributed by atoms with Crippen LogP contribution in [0.2, 0.25) is 0 Å². The third-order valence-electron chi connectivity index (χ3n) is 4.55. The lowest BCUT2D eigenvalue weighted by molar-refractivity contribution is 0.284. The molecular formula is C22H21N3O2S. The van der Waals surface area contributed by atoms with Crippen LogP contribution < -0.4 is 14.8 Å². The van der Waals surface area contributed by atoms with Gasteiger partial charge in [0, 0.05) is 24.6 Å². The van der Waals surface area contributed by atoms with Crippen LogP contribution in [0.5, 0.6) is 11.5 Å². The minimum atomic E-state index is 0.107. The largest absolute Gasteiger partial charge is 0.493 e. The Labute approximate surface area is 168 Å². The molecule has 5 nitrogen and oxygen atoms in total. The summed E-state index contributed by atoms with van der Waals surface area (Å²) in [5.74, 6) is 1.44. The number of aromatic nitrogens is 2. The van der Waals surface area contributed by atoms with Crippen molar-refractivity contribution in [3.05, 3.63) is 77.6 Å². The number of ether oxygens (including phenoxy) is 2. The average molecular weight is 391 g/mol. The van der Waals surface area contributed by atoms with Crippen LogP contribution >= 0.6 is 11.3 Å². The molecule has 1 aromatic carbocycles. The second kappa shape index (κ2) is 8.27. The molecule has 3 aromatic heterocycles. The van der Waals surface area contributed by atoms with Gasteiger partial charge in [0.15, 0.2) is 11.5 Å². The van der Waals surface area contributed by atoms with Gasteiger partial charge in [-0.15, -0.1) is 11.3 Å². The van der Waals surface area contributed by atoms with Crippen molar-refractivity contribution in [1.29, 1.82) is 0 Å². The molecule has 1 atom stereocenters. The number of methoxy groups -OCH3 is 1. The molecule has 28 heavy (non-hydrogen) atoms. The minimum Gasteiger partial charge on any atom is -0.493 e. The summed E-state index contributed by atoms with van der Waals surface area (Å²) in [6.45, 7) is 2.60. The van der Waals surface area contributed by atoms with Crippen molar-refractivity contribution in [2.75, 3.05) is 12.4 Å². The fourth-order valence-electron chi connectivity index (χ4n) is 3.02. The molecule has 1 N–H and O–H groups in total. The smallest absolute Gasteiger partial charge is 0.161 e. The molecule has 4 rings (SSSR count). The van der Waals surface area contributed by atoms with Gasteiger partial charge in [0.25, 0.3) is 0 Å². The van der Waals surface area contributed by atoms with Crippen LogP contribution in [0.25, 0.3) is 10.2 Å². The highest BCUT2D eigenvalue weighted by Crippen LogP contribution is 2.34. The topological polar surface area (TPSA) is 56.3 Å². The van der Waals surface area contributed by atoms with Gasteiger partial charge in [-0.05, 0) is 59.8 Å². The molecule has 0 aliphatic carbocycles. The van der Waals surface area contributed by atoms with Gasteiger partial charge in [-0.25, -0.2) is 0 Å². The molecule has 0 bridgehead atoms. The fraction of sp³-hybridized carbons (Fsp3) is 0.182. The minimum absolute atomic E-state index is 0.107. The van der Waals surface area contributed by atoms with E-state index in [0.717, 1.165) is 33.8 Å². The standard InChI is InChI=1S/C22H21N3O2S/c1-15(25-19-7-11-24-18-8-12-28-22(18)19)17-3-4-20(21(13-17)26-2)27-14-16-5-9-23-10-6-16/h3-13,15H,14H2,1-2H3,(H,24,25). The highest BCUT2D eigenvalue weighted by molar-refractivity contribution is 7.17. The number of hydrogen-bond donors (Lipinski definition) is 1. The van der Waals surface area contributed by atoms with Gasteiger partial charge in [-0.3, -0.25) is 9.97 Å². The van der Waals surface area contributed by atoms with E-state index in [1.807, 2.05) is 42.6 Å². The molecule has 0 aliphatic rings. The summed E-state index contributed by atoms with van der Waals surface area (Å²) in [4.78, 5) is 8.42. The Kier molecular flexibility index (Phi) is 5.39. The highest BCUT2D eigenvalue weighted by atomic mass is 32.1. The normalized spacial score (nSPS) is 11.9. The van der Waals surface area contributed by atoms with Crippen LogP contribution in [-0.4, -0.2) is 17.1 Å². The van der Waals surface area contributed by atoms with Crippen LogP contribution in [-0.2, 0) is 6.61 Å². The van der Waals surface area contributed by atoms with Crippen molar-refractivity contribution < 1.29 is 9.47 Å². The molecule has 6 heteroatoms. The van der Waals surface area contributed by atoms with E-state index in [2.05, 4.69) is 33.7 Å². The van der Waals surface area contributed by atoms with Gasteiger partial charge in [0.05, 0.1) is 23.0 Å². The van der Waals surface area contributed by atoms with E-state index in [1.165, 1.54) is 4.70 Å². The number of pyridine rings is 2. The highest BCUT2D eigenvalue weighted by Gasteiger charge is 2.13. The maximum atomic E-state index is 5.93. The van der Waals surface area contributed by atoms with E-state index in [1.54, 1.807) is 30.8 Å². The number of thiophene rings is 1. The number of benzene rings is 1. The Bertz CT molecular complexity index is 1070. The Morgan fingerprint density at radius 3 is 2.71 bits per heavy atom. The summed E-state index contributed by atoms with van der Waals surface area (Å²) in [7, 11) is 1.66. The van der Waals surface area contributed by atoms with Crippen LogP contribution in [0.1, 0.15) is 24.1 Å². The first-order valence-electron chi connectivity index (χ1n) is 9.03. The number of anilines is 1. The van der Waals surface area contributed by atoms with E-state index in [0.29, 0.717) is 6.61 Å². The van der Waals surface area contributed by atoms with Crippen molar-refractivity contribution in [3.63, 3.8) is 0 Å². The number of fused-ring (bicyclic) bond motifs is 1. The van der Waals surface area contributed by atoms with Crippen molar-refractivity contribution in [3.8, 4) is 11.5 Å². The van der Waals surface area contributed by atoms with E-state index in [4.69, 9.17) is 9.47 Å². The first-order valence-corrected chi connectivity index (χ1v) is 9.91. The summed E-state index contributed by atoms with van der Waals surface area (Å²) >= 11 is 1.69. The lowest BCUT2D eigenvalue weighted by Crippen LogP contribution is -2.07. The van der Waals surface area contributed by atoms with Gasteiger partial charge in [0.1, 0.15) is 6.61 Å². The summed E-state index contributed by atoms with van der Waals surface area (Å²) < 4.78 is 12.7. The van der Waals surface area contributed by atoms with Crippen molar-refractivity contribution >= 4 is 27.2 Å². The first kappa shape index (κ1) is 18.3. The van der Waals surface area contributed by atoms with Crippen molar-refractivity contribution in [2.45, 2.75) is 19.6 Å². The zero-order valence-electron chi connectivity index (χ0n) is 15.8. The van der Waals surface area contributed by atoms with Crippen molar-refractivity contribution in [1.82, 2.24) is 9.97 Å². The predicted octanol–water partition coefficient (Wildman–Crippen LogP) is 5.45. The molecule has 0 saturated heterocycles. The maximum Gasteiger partial charge on any atom is 0.161 e. The third kappa shape index (κ3) is 3.92. The Balaban J connectivity index is 1.50. The molecule has 4 aromatic rings. The lowest BCUT2D eigenvalue weighted by Gasteiger charge is -2.18. The molecule has 1 unspecified atom stereocenters. The van der Waals surface area contributed by atoms with Crippen LogP contribution in [0.3, 0.4) is 0 Å². The first-order chi connectivity index (χ1) is 13.7. The van der Waals surface area contributed by atoms with E-state index >= 15 is 0 Å². The molecule has 0 aliphatic heterocycles. The summed E-state index contributed by atoms with van der Waals surface area (Å²) in [6, 6.07) is 14.1. The molecule has 0 fully saturated rings. The monoisotopic (exact) mass is 391 g/mol. The Morgan fingerprint density at radius 2 is 1.89 bits per heavy atom. The molecule has 0 saturated carbocycles. The Hall–Kier alpha value is -3.12. The molecule has 142 valence electrons. The zero-order valence-corrected chi connectivity index (χ0v) is 16.6. The van der Waals surface area contributed by atoms with Gasteiger partial charge in [-0.2, -0.15) is 0 Å². The Morgan fingerprint density at radius 1 is 1.04 bits per heavy atom. The van der Waals surface area contributed by atoms with Crippen LogP contribution in [0, 0.1) is 0 Å². The maximum absolute atomic E-state index is 5.93. The predicted molar refractivity (Wildman–Crippen MR) is 113 cm³/mol. The number of hydrogen-bond acceptors (Lipinski definition) is 6. The van der Waals surface area contributed by atoms with Crippen LogP contribution in [0.4, 0.5) is 5.69 Å². The van der Waals surface area contributed by atoms with Gasteiger partial charge in [-0.1, -0.05) is 6.07 Å². The van der Waals surface area contributed by atoms with E-state index in [-0.39, 0.29) is 6.04 Å². The summed E-state index contributed by atoms with van der Waals surface area (Å²) in [5, 5.41) is 5.64.